The van der Waals surface area contributed by atoms with E-state index in [1.165, 1.54) is 0 Å². The summed E-state index contributed by atoms with van der Waals surface area (Å²) in [5.41, 5.74) is 5.14. The van der Waals surface area contributed by atoms with Crippen molar-refractivity contribution < 1.29 is 48.2 Å². The molecule has 14 nitrogen and oxygen atoms in total. The number of thioether (sulfide) groups is 1. The zero-order valence-corrected chi connectivity index (χ0v) is 35.1. The summed E-state index contributed by atoms with van der Waals surface area (Å²) in [6.45, 7) is 9.38. The number of phenols is 1. The lowest BCUT2D eigenvalue weighted by molar-refractivity contribution is -0.181. The maximum atomic E-state index is 14.9. The van der Waals surface area contributed by atoms with E-state index in [4.69, 9.17) is 28.4 Å². The van der Waals surface area contributed by atoms with Gasteiger partial charge in [-0.05, 0) is 77.3 Å². The third-order valence-corrected chi connectivity index (χ3v) is 14.7. The highest BCUT2D eigenvalue weighted by atomic mass is 32.2. The van der Waals surface area contributed by atoms with Gasteiger partial charge in [-0.3, -0.25) is 19.9 Å². The van der Waals surface area contributed by atoms with Gasteiger partial charge in [0.1, 0.15) is 29.7 Å². The number of aryl methyl sites for hydroxylation is 1. The molecule has 3 aromatic carbocycles. The zero-order valence-electron chi connectivity index (χ0n) is 34.3. The molecule has 11 rings (SSSR count). The van der Waals surface area contributed by atoms with Gasteiger partial charge in [0.05, 0.1) is 37.1 Å². The monoisotopic (exact) mass is 826 g/mol. The summed E-state index contributed by atoms with van der Waals surface area (Å²) in [6.07, 6.45) is -0.692. The second-order valence-corrected chi connectivity index (χ2v) is 18.7. The molecule has 1 unspecified atom stereocenters. The number of methoxy groups -OCH3 is 1. The molecule has 7 atom stereocenters. The van der Waals surface area contributed by atoms with Gasteiger partial charge in [0.25, 0.3) is 0 Å². The number of aromatic hydroxyl groups is 1. The number of hydrogen-bond acceptors (Lipinski definition) is 14. The molecule has 59 heavy (non-hydrogen) atoms. The fourth-order valence-electron chi connectivity index (χ4n) is 10.8. The number of ketones is 1. The number of piperazine rings is 1. The van der Waals surface area contributed by atoms with Crippen molar-refractivity contribution in [1.29, 1.82) is 0 Å². The number of nitrogens with one attached hydrogen (secondary N) is 2. The van der Waals surface area contributed by atoms with Gasteiger partial charge < -0.3 is 43.6 Å². The molecule has 4 N–H and O–H groups in total. The van der Waals surface area contributed by atoms with Gasteiger partial charge in [0, 0.05) is 57.2 Å². The number of aromatic amines is 1. The molecule has 4 aromatic rings. The van der Waals surface area contributed by atoms with Crippen LogP contribution < -0.4 is 24.3 Å². The van der Waals surface area contributed by atoms with E-state index >= 15 is 0 Å². The molecule has 7 aliphatic rings. The Morgan fingerprint density at radius 2 is 1.86 bits per heavy atom. The minimum Gasteiger partial charge on any atom is -0.504 e. The number of likely N-dealkylation sites (N-methyl/N-ethyl adjacent to an activating group) is 1. The van der Waals surface area contributed by atoms with Crippen LogP contribution in [0.2, 0.25) is 0 Å². The Kier molecular flexibility index (Phi) is 9.02. The Morgan fingerprint density at radius 1 is 1.08 bits per heavy atom. The Bertz CT molecular complexity index is 2430. The average Bonchev–Trinajstić information content (AvgIpc) is 3.83. The van der Waals surface area contributed by atoms with Crippen molar-refractivity contribution >= 4 is 34.6 Å². The number of ether oxygens (including phenoxy) is 6. The van der Waals surface area contributed by atoms with Crippen molar-refractivity contribution in [3.05, 3.63) is 75.0 Å². The van der Waals surface area contributed by atoms with Gasteiger partial charge in [-0.2, -0.15) is 0 Å². The number of Topliss-reactive ketones (excluding diaryl/α,β-unsaturated/α-hetero) is 1. The first-order chi connectivity index (χ1) is 28.2. The summed E-state index contributed by atoms with van der Waals surface area (Å²) in [4.78, 5) is 36.6. The van der Waals surface area contributed by atoms with Crippen LogP contribution in [0, 0.1) is 13.8 Å². The van der Waals surface area contributed by atoms with Crippen LogP contribution in [0.3, 0.4) is 0 Å². The minimum absolute atomic E-state index is 0.0106. The quantitative estimate of drug-likeness (QED) is 0.146. The van der Waals surface area contributed by atoms with E-state index in [1.54, 1.807) is 39.6 Å². The average molecular weight is 827 g/mol. The van der Waals surface area contributed by atoms with Crippen LogP contribution in [0.1, 0.15) is 82.7 Å². The number of para-hydroxylation sites is 1. The van der Waals surface area contributed by atoms with E-state index in [9.17, 15) is 19.8 Å². The summed E-state index contributed by atoms with van der Waals surface area (Å²) < 4.78 is 36.9. The second-order valence-electron chi connectivity index (χ2n) is 17.6. The molecule has 8 heterocycles. The Balaban J connectivity index is 1.24. The normalized spacial score (nSPS) is 28.7. The van der Waals surface area contributed by atoms with Gasteiger partial charge in [0.2, 0.25) is 6.79 Å². The number of carbonyl (C=O) groups excluding carboxylic acids is 2. The molecule has 7 aliphatic heterocycles. The summed E-state index contributed by atoms with van der Waals surface area (Å²) >= 11 is 1.55. The number of fused-ring (bicyclic) bond motifs is 12. The fourth-order valence-corrected chi connectivity index (χ4v) is 12.5. The maximum absolute atomic E-state index is 14.9. The molecule has 0 amide bonds. The first-order valence-corrected chi connectivity index (χ1v) is 21.3. The Hall–Kier alpha value is -4.51. The van der Waals surface area contributed by atoms with E-state index in [-0.39, 0.29) is 49.1 Å². The fraction of sp³-hybridized carbons (Fsp3) is 0.500. The standard InChI is InChI=1S/C44H50N4O10S/c1-20-14-22-15-26-41(51)48-27-16-54-17-28(49)44(40-24(12-13-45-44)23-10-8-9-11-25(23)46-40)18-59-39(33(48)32(47(26)6)29(22)34(50)35(20)53-7)31-30(27)38-37(55-19-56-38)21(2)36(31)57-42(52)58-43(3,4)5/h8-11,14,26-27,32-33,39,41,45-46,50-51H,12-13,15-19H2,1-7H3/t26-,27-,32+,33?,39+,41-,44-/m0/s1. The first-order valence-electron chi connectivity index (χ1n) is 20.2. The molecule has 0 radical (unpaired) electrons. The lowest BCUT2D eigenvalue weighted by Crippen LogP contribution is -2.69. The molecule has 15 heteroatoms. The van der Waals surface area contributed by atoms with Gasteiger partial charge in [-0.1, -0.05) is 24.3 Å². The van der Waals surface area contributed by atoms with E-state index in [2.05, 4.69) is 26.2 Å². The second kappa shape index (κ2) is 13.8. The lowest BCUT2D eigenvalue weighted by Gasteiger charge is -2.61. The number of H-pyrrole nitrogens is 1. The van der Waals surface area contributed by atoms with Crippen LogP contribution in [-0.4, -0.2) is 107 Å². The van der Waals surface area contributed by atoms with E-state index in [1.807, 2.05) is 45.2 Å². The molecular weight excluding hydrogens is 777 g/mol. The van der Waals surface area contributed by atoms with E-state index in [0.29, 0.717) is 52.5 Å². The summed E-state index contributed by atoms with van der Waals surface area (Å²) in [6, 6.07) is 8.02. The van der Waals surface area contributed by atoms with Crippen molar-refractivity contribution in [1.82, 2.24) is 20.1 Å². The third kappa shape index (κ3) is 5.65. The molecule has 2 fully saturated rings. The highest BCUT2D eigenvalue weighted by molar-refractivity contribution is 7.99. The number of nitrogens with zero attached hydrogens (tertiary/aromatic N) is 2. The van der Waals surface area contributed by atoms with Crippen LogP contribution >= 0.6 is 11.8 Å². The largest absolute Gasteiger partial charge is 0.514 e. The summed E-state index contributed by atoms with van der Waals surface area (Å²) in [5.74, 6) is 1.76. The van der Waals surface area contributed by atoms with Gasteiger partial charge in [-0.15, -0.1) is 11.8 Å². The number of phenolic OH excluding ortho intramolecular Hbond substituents is 1. The Labute approximate surface area is 346 Å². The molecule has 2 saturated heterocycles. The lowest BCUT2D eigenvalue weighted by atomic mass is 9.73. The van der Waals surface area contributed by atoms with Crippen molar-refractivity contribution in [3.8, 4) is 28.7 Å². The first kappa shape index (κ1) is 38.7. The number of aliphatic hydroxyl groups excluding tert-OH is 1. The van der Waals surface area contributed by atoms with Crippen molar-refractivity contribution in [3.63, 3.8) is 0 Å². The van der Waals surface area contributed by atoms with Gasteiger partial charge >= 0.3 is 6.16 Å². The number of aromatic nitrogens is 1. The van der Waals surface area contributed by atoms with Gasteiger partial charge in [-0.25, -0.2) is 4.79 Å². The number of hydrogen-bond donors (Lipinski definition) is 4. The molecule has 0 aliphatic carbocycles. The highest BCUT2D eigenvalue weighted by Gasteiger charge is 2.61. The van der Waals surface area contributed by atoms with Crippen molar-refractivity contribution in [2.45, 2.75) is 94.2 Å². The SMILES string of the molecule is COc1c(C)cc2c(c1O)[C@@H]1C3[C@@H]4SC[C@]5(NCCc6c5[nH]c5ccccc65)C(=O)COC[C@@H](c5c6c(c(C)c(OC(=O)OC(C)(C)C)c54)OCO6)N3[C@@H](O)[C@H](C2)N1C. The number of rotatable bonds is 2. The van der Waals surface area contributed by atoms with Crippen molar-refractivity contribution in [2.24, 2.45) is 0 Å². The van der Waals surface area contributed by atoms with Crippen LogP contribution in [0.15, 0.2) is 30.3 Å². The highest BCUT2D eigenvalue weighted by Crippen LogP contribution is 2.64. The number of carbonyl (C=O) groups is 2. The third-order valence-electron chi connectivity index (χ3n) is 13.2. The molecular formula is C44H50N4O10S. The van der Waals surface area contributed by atoms with Crippen LogP contribution in [0.5, 0.6) is 28.7 Å². The molecule has 1 spiro atoms. The Morgan fingerprint density at radius 3 is 2.64 bits per heavy atom. The van der Waals surface area contributed by atoms with Crippen LogP contribution in [-0.2, 0) is 32.6 Å². The predicted molar refractivity (Wildman–Crippen MR) is 219 cm³/mol. The summed E-state index contributed by atoms with van der Waals surface area (Å²) in [5, 5.41) is 29.1. The topological polar surface area (TPSA) is 164 Å². The van der Waals surface area contributed by atoms with Crippen molar-refractivity contribution in [2.75, 3.05) is 46.5 Å². The maximum Gasteiger partial charge on any atom is 0.514 e. The van der Waals surface area contributed by atoms with Gasteiger partial charge in [0.15, 0.2) is 28.8 Å². The molecule has 4 bridgehead atoms. The van der Waals surface area contributed by atoms with E-state index in [0.717, 1.165) is 39.7 Å². The van der Waals surface area contributed by atoms with Crippen LogP contribution in [0.25, 0.3) is 10.9 Å². The van der Waals surface area contributed by atoms with E-state index < -0.39 is 46.9 Å². The molecule has 1 aromatic heterocycles. The number of aliphatic hydroxyl groups is 1. The zero-order chi connectivity index (χ0) is 41.3. The smallest absolute Gasteiger partial charge is 0.504 e. The molecule has 312 valence electrons. The number of benzene rings is 3. The minimum atomic E-state index is -1.18. The predicted octanol–water partition coefficient (Wildman–Crippen LogP) is 5.61. The molecule has 0 saturated carbocycles. The van der Waals surface area contributed by atoms with Crippen LogP contribution in [0.4, 0.5) is 4.79 Å². The summed E-state index contributed by atoms with van der Waals surface area (Å²) in [7, 11) is 3.54.